The first-order chi connectivity index (χ1) is 9.77. The second kappa shape index (κ2) is 5.63. The lowest BCUT2D eigenvalue weighted by Crippen LogP contribution is -2.20. The molecule has 0 spiro atoms. The molecule has 4 nitrogen and oxygen atoms in total. The van der Waals surface area contributed by atoms with E-state index in [1.807, 2.05) is 42.2 Å². The fraction of sp³-hybridized carbons (Fsp3) is 0.267. The number of nitrogens with zero attached hydrogens (tertiary/aromatic N) is 4. The lowest BCUT2D eigenvalue weighted by molar-refractivity contribution is 0.818. The van der Waals surface area contributed by atoms with Crippen LogP contribution in [0.4, 0.5) is 5.95 Å². The minimum absolute atomic E-state index is 0.464. The largest absolute Gasteiger partial charge is 0.298 e. The maximum Gasteiger partial charge on any atom is 0.230 e. The maximum atomic E-state index is 4.50. The molecule has 20 heavy (non-hydrogen) atoms. The van der Waals surface area contributed by atoms with Crippen molar-refractivity contribution in [3.63, 3.8) is 0 Å². The summed E-state index contributed by atoms with van der Waals surface area (Å²) in [6.45, 7) is 4.42. The van der Waals surface area contributed by atoms with E-state index in [0.717, 1.165) is 23.2 Å². The van der Waals surface area contributed by atoms with Crippen molar-refractivity contribution in [2.24, 2.45) is 5.92 Å². The van der Waals surface area contributed by atoms with E-state index in [1.165, 1.54) is 4.91 Å². The van der Waals surface area contributed by atoms with Gasteiger partial charge in [-0.1, -0.05) is 19.9 Å². The molecule has 1 aliphatic rings. The summed E-state index contributed by atoms with van der Waals surface area (Å²) < 4.78 is 0. The van der Waals surface area contributed by atoms with Crippen LogP contribution in [0.25, 0.3) is 5.70 Å². The number of anilines is 1. The summed E-state index contributed by atoms with van der Waals surface area (Å²) in [4.78, 5) is 16.7. The molecule has 0 aromatic carbocycles. The van der Waals surface area contributed by atoms with E-state index in [2.05, 4.69) is 33.7 Å². The van der Waals surface area contributed by atoms with Crippen molar-refractivity contribution in [2.45, 2.75) is 13.8 Å². The standard InChI is InChI=1S/C15H16N4S/c1-11(2)14-13(12-6-3-4-7-16-12)19(10-20-14)15-17-8-5-9-18-15/h3-9,11H,10H2,1-2H3. The van der Waals surface area contributed by atoms with E-state index >= 15 is 0 Å². The van der Waals surface area contributed by atoms with Crippen LogP contribution < -0.4 is 4.90 Å². The van der Waals surface area contributed by atoms with Crippen molar-refractivity contribution in [1.29, 1.82) is 0 Å². The van der Waals surface area contributed by atoms with Gasteiger partial charge in [0.15, 0.2) is 0 Å². The average Bonchev–Trinajstić information content (AvgIpc) is 2.94. The van der Waals surface area contributed by atoms with Gasteiger partial charge in [-0.05, 0) is 24.1 Å². The molecular formula is C15H16N4S. The molecule has 0 saturated heterocycles. The van der Waals surface area contributed by atoms with Crippen LogP contribution in [0.2, 0.25) is 0 Å². The summed E-state index contributed by atoms with van der Waals surface area (Å²) >= 11 is 1.84. The lowest BCUT2D eigenvalue weighted by Gasteiger charge is -2.19. The van der Waals surface area contributed by atoms with Crippen LogP contribution in [0.3, 0.4) is 0 Å². The topological polar surface area (TPSA) is 41.9 Å². The van der Waals surface area contributed by atoms with E-state index in [9.17, 15) is 0 Å². The molecule has 0 saturated carbocycles. The summed E-state index contributed by atoms with van der Waals surface area (Å²) in [5.74, 6) is 2.03. The highest BCUT2D eigenvalue weighted by molar-refractivity contribution is 8.03. The Kier molecular flexibility index (Phi) is 3.69. The van der Waals surface area contributed by atoms with Gasteiger partial charge in [0.25, 0.3) is 0 Å². The molecule has 0 amide bonds. The maximum absolute atomic E-state index is 4.50. The zero-order chi connectivity index (χ0) is 13.9. The van der Waals surface area contributed by atoms with Crippen LogP contribution >= 0.6 is 11.8 Å². The Bertz CT molecular complexity index is 610. The minimum Gasteiger partial charge on any atom is -0.298 e. The first kappa shape index (κ1) is 13.1. The van der Waals surface area contributed by atoms with Crippen LogP contribution in [0, 0.1) is 5.92 Å². The van der Waals surface area contributed by atoms with Crippen LogP contribution in [-0.2, 0) is 0 Å². The molecule has 0 aliphatic carbocycles. The van der Waals surface area contributed by atoms with Gasteiger partial charge in [0, 0.05) is 23.5 Å². The van der Waals surface area contributed by atoms with Crippen molar-refractivity contribution in [2.75, 3.05) is 10.8 Å². The highest BCUT2D eigenvalue weighted by atomic mass is 32.2. The summed E-state index contributed by atoms with van der Waals surface area (Å²) in [6.07, 6.45) is 5.38. The van der Waals surface area contributed by atoms with Gasteiger partial charge in [0.05, 0.1) is 17.3 Å². The molecule has 0 bridgehead atoms. The van der Waals surface area contributed by atoms with Crippen LogP contribution in [0.5, 0.6) is 0 Å². The van der Waals surface area contributed by atoms with Crippen molar-refractivity contribution in [1.82, 2.24) is 15.0 Å². The van der Waals surface area contributed by atoms with Gasteiger partial charge in [-0.15, -0.1) is 11.8 Å². The number of thioether (sulfide) groups is 1. The third kappa shape index (κ3) is 2.41. The third-order valence-electron chi connectivity index (χ3n) is 3.08. The first-order valence-corrected chi connectivity index (χ1v) is 7.59. The normalized spacial score (nSPS) is 15.2. The number of aromatic nitrogens is 3. The Balaban J connectivity index is 2.09. The fourth-order valence-corrected chi connectivity index (χ4v) is 3.39. The molecule has 2 aromatic heterocycles. The Morgan fingerprint density at radius 2 is 1.80 bits per heavy atom. The molecule has 0 unspecified atom stereocenters. The smallest absolute Gasteiger partial charge is 0.230 e. The molecular weight excluding hydrogens is 268 g/mol. The third-order valence-corrected chi connectivity index (χ3v) is 4.44. The predicted octanol–water partition coefficient (Wildman–Crippen LogP) is 3.41. The van der Waals surface area contributed by atoms with Gasteiger partial charge in [0.2, 0.25) is 5.95 Å². The number of rotatable bonds is 3. The molecule has 0 atom stereocenters. The zero-order valence-corrected chi connectivity index (χ0v) is 12.3. The highest BCUT2D eigenvalue weighted by Gasteiger charge is 2.29. The Labute approximate surface area is 123 Å². The van der Waals surface area contributed by atoms with Gasteiger partial charge >= 0.3 is 0 Å². The second-order valence-corrected chi connectivity index (χ2v) is 5.82. The van der Waals surface area contributed by atoms with Gasteiger partial charge in [-0.3, -0.25) is 9.88 Å². The SMILES string of the molecule is CC(C)C1=C(c2ccccn2)N(c2ncccn2)CS1. The molecule has 2 aromatic rings. The van der Waals surface area contributed by atoms with Crippen molar-refractivity contribution >= 4 is 23.4 Å². The average molecular weight is 284 g/mol. The van der Waals surface area contributed by atoms with E-state index in [-0.39, 0.29) is 0 Å². The molecule has 1 aliphatic heterocycles. The van der Waals surface area contributed by atoms with E-state index in [1.54, 1.807) is 12.4 Å². The second-order valence-electron chi connectivity index (χ2n) is 4.83. The van der Waals surface area contributed by atoms with Gasteiger partial charge in [0.1, 0.15) is 0 Å². The fourth-order valence-electron chi connectivity index (χ4n) is 2.20. The van der Waals surface area contributed by atoms with Crippen molar-refractivity contribution < 1.29 is 0 Å². The quantitative estimate of drug-likeness (QED) is 0.864. The summed E-state index contributed by atoms with van der Waals surface area (Å²) in [6, 6.07) is 7.82. The summed E-state index contributed by atoms with van der Waals surface area (Å²) in [5, 5.41) is 0. The monoisotopic (exact) mass is 284 g/mol. The number of pyridine rings is 1. The predicted molar refractivity (Wildman–Crippen MR) is 83.0 cm³/mol. The summed E-state index contributed by atoms with van der Waals surface area (Å²) in [7, 11) is 0. The zero-order valence-electron chi connectivity index (χ0n) is 11.5. The lowest BCUT2D eigenvalue weighted by atomic mass is 10.1. The minimum atomic E-state index is 0.464. The van der Waals surface area contributed by atoms with Crippen molar-refractivity contribution in [3.05, 3.63) is 53.5 Å². The van der Waals surface area contributed by atoms with Gasteiger partial charge in [-0.2, -0.15) is 0 Å². The van der Waals surface area contributed by atoms with Gasteiger partial charge in [-0.25, -0.2) is 9.97 Å². The number of hydrogen-bond donors (Lipinski definition) is 0. The van der Waals surface area contributed by atoms with Crippen molar-refractivity contribution in [3.8, 4) is 0 Å². The summed E-state index contributed by atoms with van der Waals surface area (Å²) in [5.41, 5.74) is 2.12. The molecule has 3 rings (SSSR count). The molecule has 5 heteroatoms. The van der Waals surface area contributed by atoms with Crippen LogP contribution in [-0.4, -0.2) is 20.8 Å². The number of allylic oxidation sites excluding steroid dienone is 1. The molecule has 0 fully saturated rings. The Morgan fingerprint density at radius 1 is 1.05 bits per heavy atom. The Hall–Kier alpha value is -1.88. The first-order valence-electron chi connectivity index (χ1n) is 6.60. The molecule has 0 radical (unpaired) electrons. The molecule has 3 heterocycles. The van der Waals surface area contributed by atoms with E-state index in [0.29, 0.717) is 5.92 Å². The van der Waals surface area contributed by atoms with Gasteiger partial charge < -0.3 is 0 Å². The Morgan fingerprint density at radius 3 is 2.45 bits per heavy atom. The van der Waals surface area contributed by atoms with Crippen LogP contribution in [0.1, 0.15) is 19.5 Å². The van der Waals surface area contributed by atoms with Crippen LogP contribution in [0.15, 0.2) is 47.8 Å². The molecule has 102 valence electrons. The van der Waals surface area contributed by atoms with E-state index < -0.39 is 0 Å². The molecule has 0 N–H and O–H groups in total. The highest BCUT2D eigenvalue weighted by Crippen LogP contribution is 2.42. The number of hydrogen-bond acceptors (Lipinski definition) is 5. The van der Waals surface area contributed by atoms with E-state index in [4.69, 9.17) is 0 Å².